The van der Waals surface area contributed by atoms with Gasteiger partial charge in [0.1, 0.15) is 5.82 Å². The van der Waals surface area contributed by atoms with E-state index < -0.39 is 0 Å². The van der Waals surface area contributed by atoms with Crippen molar-refractivity contribution >= 4 is 11.0 Å². The van der Waals surface area contributed by atoms with Crippen LogP contribution in [0.5, 0.6) is 11.5 Å². The number of imidazole rings is 1. The van der Waals surface area contributed by atoms with Gasteiger partial charge >= 0.3 is 0 Å². The Balaban J connectivity index is 2.53. The number of fused-ring (bicyclic) bond motifs is 1. The minimum atomic E-state index is 0.428. The molecule has 2 aromatic rings. The van der Waals surface area contributed by atoms with E-state index in [1.165, 1.54) is 0 Å². The van der Waals surface area contributed by atoms with Crippen molar-refractivity contribution in [3.63, 3.8) is 0 Å². The Morgan fingerprint density at radius 2 is 1.85 bits per heavy atom. The van der Waals surface area contributed by atoms with E-state index in [2.05, 4.69) is 23.4 Å². The van der Waals surface area contributed by atoms with Gasteiger partial charge in [-0.15, -0.1) is 0 Å². The highest BCUT2D eigenvalue weighted by Gasteiger charge is 2.14. The summed E-state index contributed by atoms with van der Waals surface area (Å²) in [6.45, 7) is 5.77. The normalized spacial score (nSPS) is 11.3. The van der Waals surface area contributed by atoms with Crippen molar-refractivity contribution in [1.82, 2.24) is 9.55 Å². The molecule has 1 aromatic carbocycles. The molecule has 0 bridgehead atoms. The highest BCUT2D eigenvalue weighted by molar-refractivity contribution is 5.80. The Hall–Kier alpha value is -1.75. The predicted octanol–water partition coefficient (Wildman–Crippen LogP) is 2.56. The van der Waals surface area contributed by atoms with E-state index in [9.17, 15) is 0 Å². The lowest BCUT2D eigenvalue weighted by Crippen LogP contribution is -2.10. The summed E-state index contributed by atoms with van der Waals surface area (Å²) in [6, 6.07) is 3.87. The van der Waals surface area contributed by atoms with E-state index in [1.54, 1.807) is 14.2 Å². The molecule has 110 valence electrons. The van der Waals surface area contributed by atoms with Crippen LogP contribution in [0.1, 0.15) is 26.1 Å². The first kappa shape index (κ1) is 14.7. The summed E-state index contributed by atoms with van der Waals surface area (Å²) in [5.41, 5.74) is 7.76. The van der Waals surface area contributed by atoms with Gasteiger partial charge in [0.15, 0.2) is 11.5 Å². The summed E-state index contributed by atoms with van der Waals surface area (Å²) in [5, 5.41) is 0. The van der Waals surface area contributed by atoms with Crippen LogP contribution in [0.3, 0.4) is 0 Å². The summed E-state index contributed by atoms with van der Waals surface area (Å²) < 4.78 is 12.9. The summed E-state index contributed by atoms with van der Waals surface area (Å²) in [5.74, 6) is 2.94. The molecule has 0 atom stereocenters. The second kappa shape index (κ2) is 6.13. The third-order valence-corrected chi connectivity index (χ3v) is 3.45. The lowest BCUT2D eigenvalue weighted by atomic mass is 10.1. The Labute approximate surface area is 119 Å². The molecule has 0 aliphatic heterocycles. The first-order valence-corrected chi connectivity index (χ1v) is 6.91. The van der Waals surface area contributed by atoms with Crippen LogP contribution in [0.25, 0.3) is 11.0 Å². The van der Waals surface area contributed by atoms with Crippen LogP contribution in [0, 0.1) is 5.92 Å². The average molecular weight is 277 g/mol. The number of ether oxygens (including phenoxy) is 2. The monoisotopic (exact) mass is 277 g/mol. The number of methoxy groups -OCH3 is 2. The quantitative estimate of drug-likeness (QED) is 0.881. The molecule has 20 heavy (non-hydrogen) atoms. The zero-order valence-corrected chi connectivity index (χ0v) is 12.6. The minimum Gasteiger partial charge on any atom is -0.493 e. The zero-order valence-electron chi connectivity index (χ0n) is 12.6. The molecule has 0 aliphatic rings. The first-order valence-electron chi connectivity index (χ1n) is 6.91. The SMILES string of the molecule is COc1cc2nc(CN)n(CCC(C)C)c2cc1OC. The summed E-state index contributed by atoms with van der Waals surface area (Å²) >= 11 is 0. The number of aryl methyl sites for hydroxylation is 1. The fourth-order valence-corrected chi connectivity index (χ4v) is 2.29. The second-order valence-corrected chi connectivity index (χ2v) is 5.26. The fourth-order valence-electron chi connectivity index (χ4n) is 2.29. The molecule has 0 fully saturated rings. The van der Waals surface area contributed by atoms with E-state index >= 15 is 0 Å². The molecule has 0 aliphatic carbocycles. The van der Waals surface area contributed by atoms with Gasteiger partial charge in [-0.2, -0.15) is 0 Å². The van der Waals surface area contributed by atoms with Gasteiger partial charge in [0.05, 0.1) is 31.8 Å². The Morgan fingerprint density at radius 1 is 1.20 bits per heavy atom. The molecule has 0 radical (unpaired) electrons. The topological polar surface area (TPSA) is 62.3 Å². The molecular formula is C15H23N3O2. The molecule has 2 N–H and O–H groups in total. The highest BCUT2D eigenvalue weighted by Crippen LogP contribution is 2.32. The maximum absolute atomic E-state index is 5.82. The van der Waals surface area contributed by atoms with E-state index in [1.807, 2.05) is 12.1 Å². The molecular weight excluding hydrogens is 254 g/mol. The van der Waals surface area contributed by atoms with Crippen molar-refractivity contribution in [2.24, 2.45) is 11.7 Å². The highest BCUT2D eigenvalue weighted by atomic mass is 16.5. The molecule has 0 spiro atoms. The number of benzene rings is 1. The van der Waals surface area contributed by atoms with Gasteiger partial charge < -0.3 is 19.8 Å². The second-order valence-electron chi connectivity index (χ2n) is 5.26. The van der Waals surface area contributed by atoms with Gasteiger partial charge in [-0.25, -0.2) is 4.98 Å². The van der Waals surface area contributed by atoms with Gasteiger partial charge in [0, 0.05) is 18.7 Å². The lowest BCUT2D eigenvalue weighted by Gasteiger charge is -2.11. The van der Waals surface area contributed by atoms with Crippen LogP contribution in [0.4, 0.5) is 0 Å². The van der Waals surface area contributed by atoms with Gasteiger partial charge in [-0.3, -0.25) is 0 Å². The smallest absolute Gasteiger partial charge is 0.163 e. The van der Waals surface area contributed by atoms with Crippen LogP contribution in [0.2, 0.25) is 0 Å². The molecule has 0 amide bonds. The van der Waals surface area contributed by atoms with Crippen molar-refractivity contribution in [1.29, 1.82) is 0 Å². The maximum atomic E-state index is 5.82. The van der Waals surface area contributed by atoms with Crippen molar-refractivity contribution in [3.8, 4) is 11.5 Å². The Kier molecular flexibility index (Phi) is 4.49. The third-order valence-electron chi connectivity index (χ3n) is 3.45. The number of hydrogen-bond donors (Lipinski definition) is 1. The molecule has 0 saturated carbocycles. The number of rotatable bonds is 6. The van der Waals surface area contributed by atoms with E-state index in [0.717, 1.165) is 29.8 Å². The van der Waals surface area contributed by atoms with Gasteiger partial charge in [-0.05, 0) is 12.3 Å². The molecule has 5 heteroatoms. The number of nitrogens with two attached hydrogens (primary N) is 1. The van der Waals surface area contributed by atoms with E-state index in [4.69, 9.17) is 15.2 Å². The Morgan fingerprint density at radius 3 is 2.40 bits per heavy atom. The molecule has 1 heterocycles. The molecule has 0 saturated heterocycles. The van der Waals surface area contributed by atoms with Crippen LogP contribution in [-0.2, 0) is 13.1 Å². The standard InChI is InChI=1S/C15H23N3O2/c1-10(2)5-6-18-12-8-14(20-4)13(19-3)7-11(12)17-15(18)9-16/h7-8,10H,5-6,9,16H2,1-4H3. The maximum Gasteiger partial charge on any atom is 0.163 e. The van der Waals surface area contributed by atoms with Crippen molar-refractivity contribution < 1.29 is 9.47 Å². The van der Waals surface area contributed by atoms with Crippen LogP contribution in [-0.4, -0.2) is 23.8 Å². The fraction of sp³-hybridized carbons (Fsp3) is 0.533. The summed E-state index contributed by atoms with van der Waals surface area (Å²) in [4.78, 5) is 4.60. The molecule has 5 nitrogen and oxygen atoms in total. The molecule has 0 unspecified atom stereocenters. The van der Waals surface area contributed by atoms with E-state index in [0.29, 0.717) is 24.0 Å². The lowest BCUT2D eigenvalue weighted by molar-refractivity contribution is 0.355. The average Bonchev–Trinajstić information content (AvgIpc) is 2.79. The van der Waals surface area contributed by atoms with Crippen LogP contribution < -0.4 is 15.2 Å². The zero-order chi connectivity index (χ0) is 14.7. The van der Waals surface area contributed by atoms with Crippen LogP contribution >= 0.6 is 0 Å². The molecule has 2 rings (SSSR count). The minimum absolute atomic E-state index is 0.428. The first-order chi connectivity index (χ1) is 9.60. The third kappa shape index (κ3) is 2.72. The van der Waals surface area contributed by atoms with Crippen molar-refractivity contribution in [2.45, 2.75) is 33.4 Å². The Bertz CT molecular complexity index is 590. The largest absolute Gasteiger partial charge is 0.493 e. The van der Waals surface area contributed by atoms with Crippen molar-refractivity contribution in [3.05, 3.63) is 18.0 Å². The van der Waals surface area contributed by atoms with E-state index in [-0.39, 0.29) is 0 Å². The van der Waals surface area contributed by atoms with Crippen molar-refractivity contribution in [2.75, 3.05) is 14.2 Å². The summed E-state index contributed by atoms with van der Waals surface area (Å²) in [7, 11) is 3.27. The van der Waals surface area contributed by atoms with Gasteiger partial charge in [0.25, 0.3) is 0 Å². The molecule has 1 aromatic heterocycles. The van der Waals surface area contributed by atoms with Gasteiger partial charge in [0.2, 0.25) is 0 Å². The van der Waals surface area contributed by atoms with Crippen LogP contribution in [0.15, 0.2) is 12.1 Å². The van der Waals surface area contributed by atoms with Gasteiger partial charge in [-0.1, -0.05) is 13.8 Å². The predicted molar refractivity (Wildman–Crippen MR) is 80.2 cm³/mol. The number of nitrogens with zero attached hydrogens (tertiary/aromatic N) is 2. The number of hydrogen-bond acceptors (Lipinski definition) is 4. The summed E-state index contributed by atoms with van der Waals surface area (Å²) in [6.07, 6.45) is 1.09. The number of aromatic nitrogens is 2.